The predicted molar refractivity (Wildman–Crippen MR) is 48.7 cm³/mol. The summed E-state index contributed by atoms with van der Waals surface area (Å²) in [4.78, 5) is 4.74. The molecule has 1 fully saturated rings. The molecule has 0 aromatic carbocycles. The quantitative estimate of drug-likeness (QED) is 0.516. The molecule has 0 spiro atoms. The van der Waals surface area contributed by atoms with Crippen LogP contribution in [0.2, 0.25) is 0 Å². The van der Waals surface area contributed by atoms with Gasteiger partial charge in [0.15, 0.2) is 0 Å². The van der Waals surface area contributed by atoms with Crippen LogP contribution in [-0.4, -0.2) is 49.1 Å². The van der Waals surface area contributed by atoms with Crippen molar-refractivity contribution in [3.8, 4) is 0 Å². The zero-order chi connectivity index (χ0) is 8.43. The first-order valence-corrected chi connectivity index (χ1v) is 4.18. The third-order valence-electron chi connectivity index (χ3n) is 2.57. The summed E-state index contributed by atoms with van der Waals surface area (Å²) in [5, 5.41) is 0. The first-order chi connectivity index (χ1) is 5.15. The Morgan fingerprint density at radius 2 is 2.00 bits per heavy atom. The number of rotatable bonds is 1. The van der Waals surface area contributed by atoms with E-state index < -0.39 is 0 Å². The Morgan fingerprint density at radius 3 is 2.55 bits per heavy atom. The molecule has 2 heteroatoms. The first kappa shape index (κ1) is 8.75. The molecule has 2 atom stereocenters. The van der Waals surface area contributed by atoms with Crippen LogP contribution in [0.5, 0.6) is 0 Å². The fraction of sp³-hybridized carbons (Fsp3) is 0.778. The zero-order valence-corrected chi connectivity index (χ0v) is 7.75. The van der Waals surface area contributed by atoms with Gasteiger partial charge in [-0.05, 0) is 21.0 Å². The summed E-state index contributed by atoms with van der Waals surface area (Å²) in [6.07, 6.45) is 2.03. The van der Waals surface area contributed by atoms with Crippen molar-refractivity contribution >= 4 is 0 Å². The minimum Gasteiger partial charge on any atom is -0.303 e. The molecule has 0 aromatic rings. The molecule has 1 heterocycles. The second kappa shape index (κ2) is 3.37. The highest BCUT2D eigenvalue weighted by atomic mass is 15.3. The molecule has 1 unspecified atom stereocenters. The standard InChI is InChI=1S/C9H18N2/c1-5-9-7-10(3)6-8(2)11(9)4/h5,8-9H,1,6-7H2,2-4H3/t8-,9?/m1/s1. The van der Waals surface area contributed by atoms with E-state index in [9.17, 15) is 0 Å². The predicted octanol–water partition coefficient (Wildman–Crippen LogP) is 0.807. The van der Waals surface area contributed by atoms with Crippen LogP contribution in [-0.2, 0) is 0 Å². The van der Waals surface area contributed by atoms with Crippen LogP contribution in [0.4, 0.5) is 0 Å². The molecule has 0 amide bonds. The molecule has 1 aliphatic heterocycles. The van der Waals surface area contributed by atoms with Crippen molar-refractivity contribution in [2.75, 3.05) is 27.2 Å². The van der Waals surface area contributed by atoms with Crippen LogP contribution in [0.3, 0.4) is 0 Å². The van der Waals surface area contributed by atoms with Gasteiger partial charge in [-0.25, -0.2) is 0 Å². The van der Waals surface area contributed by atoms with Crippen LogP contribution in [0.25, 0.3) is 0 Å². The summed E-state index contributed by atoms with van der Waals surface area (Å²) in [5.74, 6) is 0. The van der Waals surface area contributed by atoms with Gasteiger partial charge >= 0.3 is 0 Å². The molecule has 64 valence electrons. The van der Waals surface area contributed by atoms with Gasteiger partial charge in [0.2, 0.25) is 0 Å². The Hall–Kier alpha value is -0.340. The summed E-state index contributed by atoms with van der Waals surface area (Å²) in [5.41, 5.74) is 0. The lowest BCUT2D eigenvalue weighted by Crippen LogP contribution is -2.53. The average Bonchev–Trinajstić information content (AvgIpc) is 1.96. The van der Waals surface area contributed by atoms with Crippen molar-refractivity contribution < 1.29 is 0 Å². The van der Waals surface area contributed by atoms with E-state index in [0.29, 0.717) is 12.1 Å². The van der Waals surface area contributed by atoms with Crippen molar-refractivity contribution in [3.63, 3.8) is 0 Å². The maximum atomic E-state index is 3.84. The van der Waals surface area contributed by atoms with Gasteiger partial charge in [-0.3, -0.25) is 4.90 Å². The van der Waals surface area contributed by atoms with Crippen LogP contribution in [0.1, 0.15) is 6.92 Å². The number of likely N-dealkylation sites (N-methyl/N-ethyl adjacent to an activating group) is 2. The van der Waals surface area contributed by atoms with Crippen LogP contribution in [0.15, 0.2) is 12.7 Å². The van der Waals surface area contributed by atoms with Gasteiger partial charge in [0, 0.05) is 25.2 Å². The Balaban J connectivity index is 2.58. The third kappa shape index (κ3) is 1.82. The van der Waals surface area contributed by atoms with Crippen molar-refractivity contribution in [3.05, 3.63) is 12.7 Å². The molecule has 0 radical (unpaired) electrons. The molecule has 1 saturated heterocycles. The summed E-state index contributed by atoms with van der Waals surface area (Å²) in [6.45, 7) is 8.37. The van der Waals surface area contributed by atoms with E-state index in [-0.39, 0.29) is 0 Å². The van der Waals surface area contributed by atoms with Crippen LogP contribution in [0, 0.1) is 0 Å². The van der Waals surface area contributed by atoms with Crippen molar-refractivity contribution in [1.29, 1.82) is 0 Å². The summed E-state index contributed by atoms with van der Waals surface area (Å²) in [7, 11) is 4.34. The average molecular weight is 154 g/mol. The molecule has 2 nitrogen and oxygen atoms in total. The summed E-state index contributed by atoms with van der Waals surface area (Å²) >= 11 is 0. The number of piperazine rings is 1. The second-order valence-electron chi connectivity index (χ2n) is 3.54. The van der Waals surface area contributed by atoms with Crippen LogP contribution < -0.4 is 0 Å². The van der Waals surface area contributed by atoms with E-state index >= 15 is 0 Å². The largest absolute Gasteiger partial charge is 0.303 e. The SMILES string of the molecule is C=CC1CN(C)C[C@@H](C)N1C. The Kier molecular flexibility index (Phi) is 2.68. The van der Waals surface area contributed by atoms with Gasteiger partial charge in [0.1, 0.15) is 0 Å². The fourth-order valence-corrected chi connectivity index (χ4v) is 1.67. The fourth-order valence-electron chi connectivity index (χ4n) is 1.67. The Bertz CT molecular complexity index is 144. The smallest absolute Gasteiger partial charge is 0.0403 e. The van der Waals surface area contributed by atoms with Gasteiger partial charge in [-0.2, -0.15) is 0 Å². The monoisotopic (exact) mass is 154 g/mol. The molecule has 1 aliphatic rings. The van der Waals surface area contributed by atoms with Gasteiger partial charge in [-0.1, -0.05) is 6.08 Å². The highest BCUT2D eigenvalue weighted by Crippen LogP contribution is 2.12. The van der Waals surface area contributed by atoms with Crippen LogP contribution >= 0.6 is 0 Å². The van der Waals surface area contributed by atoms with E-state index in [0.717, 1.165) is 6.54 Å². The van der Waals surface area contributed by atoms with Gasteiger partial charge < -0.3 is 4.90 Å². The lowest BCUT2D eigenvalue weighted by Gasteiger charge is -2.41. The Morgan fingerprint density at radius 1 is 1.36 bits per heavy atom. The summed E-state index contributed by atoms with van der Waals surface area (Å²) < 4.78 is 0. The topological polar surface area (TPSA) is 6.48 Å². The number of hydrogen-bond donors (Lipinski definition) is 0. The van der Waals surface area contributed by atoms with E-state index in [1.165, 1.54) is 6.54 Å². The van der Waals surface area contributed by atoms with Gasteiger partial charge in [-0.15, -0.1) is 6.58 Å². The maximum Gasteiger partial charge on any atom is 0.0403 e. The molecular weight excluding hydrogens is 136 g/mol. The normalized spacial score (nSPS) is 35.5. The van der Waals surface area contributed by atoms with E-state index in [4.69, 9.17) is 0 Å². The van der Waals surface area contributed by atoms with E-state index in [1.54, 1.807) is 0 Å². The lowest BCUT2D eigenvalue weighted by atomic mass is 10.1. The first-order valence-electron chi connectivity index (χ1n) is 4.18. The van der Waals surface area contributed by atoms with E-state index in [1.807, 2.05) is 6.08 Å². The van der Waals surface area contributed by atoms with Gasteiger partial charge in [0.25, 0.3) is 0 Å². The zero-order valence-electron chi connectivity index (χ0n) is 7.75. The Labute approximate surface area is 69.5 Å². The minimum absolute atomic E-state index is 0.531. The molecule has 0 bridgehead atoms. The maximum absolute atomic E-state index is 3.84. The molecular formula is C9H18N2. The molecule has 0 N–H and O–H groups in total. The minimum atomic E-state index is 0.531. The second-order valence-corrected chi connectivity index (χ2v) is 3.54. The molecule has 11 heavy (non-hydrogen) atoms. The van der Waals surface area contributed by atoms with Crippen molar-refractivity contribution in [2.45, 2.75) is 19.0 Å². The van der Waals surface area contributed by atoms with Crippen molar-refractivity contribution in [1.82, 2.24) is 9.80 Å². The van der Waals surface area contributed by atoms with Crippen molar-refractivity contribution in [2.24, 2.45) is 0 Å². The molecule has 0 aliphatic carbocycles. The highest BCUT2D eigenvalue weighted by Gasteiger charge is 2.24. The number of nitrogens with zero attached hydrogens (tertiary/aromatic N) is 2. The molecule has 0 saturated carbocycles. The summed E-state index contributed by atoms with van der Waals surface area (Å²) in [6, 6.07) is 1.18. The number of hydrogen-bond acceptors (Lipinski definition) is 2. The highest BCUT2D eigenvalue weighted by molar-refractivity contribution is 4.94. The van der Waals surface area contributed by atoms with E-state index in [2.05, 4.69) is 37.4 Å². The molecule has 1 rings (SSSR count). The lowest BCUT2D eigenvalue weighted by molar-refractivity contribution is 0.0899. The molecule has 0 aromatic heterocycles. The third-order valence-corrected chi connectivity index (χ3v) is 2.57. The van der Waals surface area contributed by atoms with Gasteiger partial charge in [0.05, 0.1) is 0 Å².